The first-order valence-corrected chi connectivity index (χ1v) is 11.6. The molecule has 0 saturated heterocycles. The predicted molar refractivity (Wildman–Crippen MR) is 130 cm³/mol. The zero-order valence-corrected chi connectivity index (χ0v) is 18.7. The Kier molecular flexibility index (Phi) is 4.27. The lowest BCUT2D eigenvalue weighted by atomic mass is 9.74. The van der Waals surface area contributed by atoms with Crippen molar-refractivity contribution in [2.24, 2.45) is 12.8 Å². The molecule has 0 unspecified atom stereocenters. The van der Waals surface area contributed by atoms with Crippen molar-refractivity contribution in [3.05, 3.63) is 70.3 Å². The highest BCUT2D eigenvalue weighted by molar-refractivity contribution is 7.22. The van der Waals surface area contributed by atoms with Gasteiger partial charge in [-0.05, 0) is 43.0 Å². The summed E-state index contributed by atoms with van der Waals surface area (Å²) in [6, 6.07) is 16.1. The van der Waals surface area contributed by atoms with Crippen LogP contribution in [0.4, 0.5) is 0 Å². The molecule has 8 heteroatoms. The SMILES string of the molecule is Cn1ncc(-c2ccc3c(=O)[nH]nc(C4(N)CCC4)c3c2)c1-c1sc2ccccc2c1C#N. The Morgan fingerprint density at radius 2 is 2.00 bits per heavy atom. The molecule has 1 saturated carbocycles. The number of fused-ring (bicyclic) bond motifs is 2. The summed E-state index contributed by atoms with van der Waals surface area (Å²) in [4.78, 5) is 13.4. The third kappa shape index (κ3) is 2.86. The summed E-state index contributed by atoms with van der Waals surface area (Å²) in [5.74, 6) is 0. The average molecular weight is 453 g/mol. The van der Waals surface area contributed by atoms with Crippen LogP contribution in [0, 0.1) is 11.3 Å². The molecule has 2 aromatic carbocycles. The summed E-state index contributed by atoms with van der Waals surface area (Å²) in [5.41, 5.74) is 9.91. The molecule has 162 valence electrons. The van der Waals surface area contributed by atoms with Gasteiger partial charge in [0, 0.05) is 28.1 Å². The maximum Gasteiger partial charge on any atom is 0.272 e. The van der Waals surface area contributed by atoms with E-state index >= 15 is 0 Å². The van der Waals surface area contributed by atoms with E-state index in [4.69, 9.17) is 5.73 Å². The summed E-state index contributed by atoms with van der Waals surface area (Å²) in [7, 11) is 1.88. The van der Waals surface area contributed by atoms with Crippen LogP contribution < -0.4 is 11.3 Å². The van der Waals surface area contributed by atoms with Gasteiger partial charge in [-0.2, -0.15) is 15.5 Å². The Labute approximate surface area is 193 Å². The van der Waals surface area contributed by atoms with Gasteiger partial charge in [-0.1, -0.05) is 24.3 Å². The number of nitriles is 1. The van der Waals surface area contributed by atoms with E-state index < -0.39 is 5.54 Å². The quantitative estimate of drug-likeness (QED) is 0.421. The minimum absolute atomic E-state index is 0.231. The first-order chi connectivity index (χ1) is 16.0. The fraction of sp³-hybridized carbons (Fsp3) is 0.200. The zero-order chi connectivity index (χ0) is 22.7. The Balaban J connectivity index is 1.60. The van der Waals surface area contributed by atoms with E-state index in [1.807, 2.05) is 55.7 Å². The number of nitrogens with zero attached hydrogens (tertiary/aromatic N) is 4. The van der Waals surface area contributed by atoms with E-state index in [-0.39, 0.29) is 5.56 Å². The van der Waals surface area contributed by atoms with Crippen LogP contribution in [-0.4, -0.2) is 20.0 Å². The maximum atomic E-state index is 12.5. The maximum absolute atomic E-state index is 12.5. The van der Waals surface area contributed by atoms with Crippen LogP contribution in [0.2, 0.25) is 0 Å². The molecule has 0 aliphatic heterocycles. The molecule has 33 heavy (non-hydrogen) atoms. The van der Waals surface area contributed by atoms with Crippen LogP contribution >= 0.6 is 11.3 Å². The van der Waals surface area contributed by atoms with Crippen molar-refractivity contribution in [3.8, 4) is 27.8 Å². The number of benzene rings is 2. The summed E-state index contributed by atoms with van der Waals surface area (Å²) in [5, 5.41) is 23.7. The van der Waals surface area contributed by atoms with Gasteiger partial charge in [0.15, 0.2) is 0 Å². The highest BCUT2D eigenvalue weighted by atomic mass is 32.1. The van der Waals surface area contributed by atoms with E-state index in [0.29, 0.717) is 10.9 Å². The lowest BCUT2D eigenvalue weighted by molar-refractivity contribution is 0.247. The number of nitrogens with one attached hydrogen (secondary N) is 1. The van der Waals surface area contributed by atoms with Crippen LogP contribution in [0.3, 0.4) is 0 Å². The van der Waals surface area contributed by atoms with E-state index in [1.165, 1.54) is 0 Å². The minimum atomic E-state index is -0.516. The molecule has 3 N–H and O–H groups in total. The number of thiophene rings is 1. The van der Waals surface area contributed by atoms with Gasteiger partial charge < -0.3 is 5.73 Å². The van der Waals surface area contributed by atoms with Gasteiger partial charge in [-0.25, -0.2) is 5.10 Å². The van der Waals surface area contributed by atoms with Crippen LogP contribution in [0.1, 0.15) is 30.5 Å². The van der Waals surface area contributed by atoms with Gasteiger partial charge in [-0.3, -0.25) is 9.48 Å². The number of hydrogen-bond acceptors (Lipinski definition) is 6. The van der Waals surface area contributed by atoms with Crippen molar-refractivity contribution in [1.29, 1.82) is 5.26 Å². The van der Waals surface area contributed by atoms with E-state index in [0.717, 1.165) is 62.1 Å². The summed E-state index contributed by atoms with van der Waals surface area (Å²) < 4.78 is 2.86. The third-order valence-electron chi connectivity index (χ3n) is 6.68. The number of rotatable bonds is 3. The predicted octanol–water partition coefficient (Wildman–Crippen LogP) is 4.41. The molecular weight excluding hydrogens is 432 g/mol. The third-order valence-corrected chi connectivity index (χ3v) is 7.86. The van der Waals surface area contributed by atoms with Crippen LogP contribution in [-0.2, 0) is 12.6 Å². The van der Waals surface area contributed by atoms with Crippen molar-refractivity contribution in [3.63, 3.8) is 0 Å². The highest BCUT2D eigenvalue weighted by Gasteiger charge is 2.37. The van der Waals surface area contributed by atoms with Gasteiger partial charge in [0.25, 0.3) is 5.56 Å². The van der Waals surface area contributed by atoms with Gasteiger partial charge >= 0.3 is 0 Å². The van der Waals surface area contributed by atoms with Crippen molar-refractivity contribution < 1.29 is 0 Å². The van der Waals surface area contributed by atoms with Gasteiger partial charge in [-0.15, -0.1) is 11.3 Å². The van der Waals surface area contributed by atoms with Crippen LogP contribution in [0.25, 0.3) is 42.6 Å². The van der Waals surface area contributed by atoms with Crippen LogP contribution in [0.15, 0.2) is 53.5 Å². The second-order valence-electron chi connectivity index (χ2n) is 8.62. The molecule has 1 fully saturated rings. The number of hydrogen-bond donors (Lipinski definition) is 2. The van der Waals surface area contributed by atoms with Crippen molar-refractivity contribution >= 4 is 32.2 Å². The molecular formula is C25H20N6OS. The van der Waals surface area contributed by atoms with Crippen molar-refractivity contribution in [1.82, 2.24) is 20.0 Å². The average Bonchev–Trinajstić information content (AvgIpc) is 3.37. The fourth-order valence-electron chi connectivity index (χ4n) is 4.75. The molecule has 7 nitrogen and oxygen atoms in total. The topological polar surface area (TPSA) is 113 Å². The van der Waals surface area contributed by atoms with Gasteiger partial charge in [0.05, 0.1) is 39.0 Å². The molecule has 0 spiro atoms. The van der Waals surface area contributed by atoms with Crippen molar-refractivity contribution in [2.45, 2.75) is 24.8 Å². The number of aryl methyl sites for hydroxylation is 1. The van der Waals surface area contributed by atoms with E-state index in [1.54, 1.807) is 16.0 Å². The van der Waals surface area contributed by atoms with Gasteiger partial charge in [0.1, 0.15) is 6.07 Å². The monoisotopic (exact) mass is 452 g/mol. The van der Waals surface area contributed by atoms with E-state index in [9.17, 15) is 10.1 Å². The first kappa shape index (κ1) is 19.9. The fourth-order valence-corrected chi connectivity index (χ4v) is 5.99. The largest absolute Gasteiger partial charge is 0.320 e. The van der Waals surface area contributed by atoms with Crippen LogP contribution in [0.5, 0.6) is 0 Å². The second kappa shape index (κ2) is 7.10. The molecule has 0 amide bonds. The summed E-state index contributed by atoms with van der Waals surface area (Å²) in [6.07, 6.45) is 4.55. The van der Waals surface area contributed by atoms with Crippen molar-refractivity contribution in [2.75, 3.05) is 0 Å². The lowest BCUT2D eigenvalue weighted by Crippen LogP contribution is -2.44. The normalized spacial score (nSPS) is 14.9. The minimum Gasteiger partial charge on any atom is -0.320 e. The number of nitrogens with two attached hydrogens (primary N) is 1. The Morgan fingerprint density at radius 3 is 2.76 bits per heavy atom. The Hall–Kier alpha value is -3.80. The second-order valence-corrected chi connectivity index (χ2v) is 9.67. The molecule has 1 aliphatic carbocycles. The molecule has 3 heterocycles. The molecule has 0 bridgehead atoms. The summed E-state index contributed by atoms with van der Waals surface area (Å²) >= 11 is 1.58. The van der Waals surface area contributed by atoms with E-state index in [2.05, 4.69) is 21.4 Å². The summed E-state index contributed by atoms with van der Waals surface area (Å²) in [6.45, 7) is 0. The highest BCUT2D eigenvalue weighted by Crippen LogP contribution is 2.44. The molecule has 0 atom stereocenters. The number of aromatic nitrogens is 4. The zero-order valence-electron chi connectivity index (χ0n) is 17.9. The molecule has 0 radical (unpaired) electrons. The molecule has 3 aromatic heterocycles. The smallest absolute Gasteiger partial charge is 0.272 e. The molecule has 5 aromatic rings. The van der Waals surface area contributed by atoms with Gasteiger partial charge in [0.2, 0.25) is 0 Å². The number of aromatic amines is 1. The Bertz CT molecular complexity index is 1660. The number of H-pyrrole nitrogens is 1. The molecule has 1 aliphatic rings. The first-order valence-electron chi connectivity index (χ1n) is 10.8. The standard InChI is InChI=1S/C25H20N6OS/c1-31-21(22-18(12-26)15-5-2-3-6-20(15)33-22)19(13-28-31)14-7-8-16-17(11-14)23(29-30-24(16)32)25(27)9-4-10-25/h2-3,5-8,11,13H,4,9-10,27H2,1H3,(H,30,32). The molecule has 6 rings (SSSR count). The Morgan fingerprint density at radius 1 is 1.18 bits per heavy atom. The lowest BCUT2D eigenvalue weighted by Gasteiger charge is -2.37.